The van der Waals surface area contributed by atoms with Gasteiger partial charge in [0.25, 0.3) is 0 Å². The summed E-state index contributed by atoms with van der Waals surface area (Å²) >= 11 is 6.68. The van der Waals surface area contributed by atoms with Gasteiger partial charge in [-0.25, -0.2) is 13.6 Å². The molecule has 0 atom stereocenters. The highest BCUT2D eigenvalue weighted by Gasteiger charge is 2.11. The maximum absolute atomic E-state index is 13.7. The van der Waals surface area contributed by atoms with E-state index in [0.29, 0.717) is 5.56 Å². The second kappa shape index (κ2) is 6.24. The summed E-state index contributed by atoms with van der Waals surface area (Å²) in [6.07, 6.45) is 0. The fourth-order valence-electron chi connectivity index (χ4n) is 1.56. The zero-order valence-electron chi connectivity index (χ0n) is 10.1. The van der Waals surface area contributed by atoms with Gasteiger partial charge < -0.3 is 5.11 Å². The number of aromatic carboxylic acids is 1. The molecule has 104 valence electrons. The second-order valence-corrected chi connectivity index (χ2v) is 5.38. The molecule has 2 nitrogen and oxygen atoms in total. The van der Waals surface area contributed by atoms with Crippen molar-refractivity contribution in [3.63, 3.8) is 0 Å². The fraction of sp³-hybridized carbons (Fsp3) is 0.0714. The lowest BCUT2D eigenvalue weighted by Gasteiger charge is -2.06. The molecule has 0 aliphatic rings. The van der Waals surface area contributed by atoms with Gasteiger partial charge in [-0.2, -0.15) is 0 Å². The summed E-state index contributed by atoms with van der Waals surface area (Å²) in [7, 11) is 0. The fourth-order valence-corrected chi connectivity index (χ4v) is 2.71. The Balaban J connectivity index is 2.20. The molecule has 2 aromatic carbocycles. The van der Waals surface area contributed by atoms with E-state index in [1.807, 2.05) is 0 Å². The molecule has 0 saturated carbocycles. The van der Waals surface area contributed by atoms with Gasteiger partial charge in [-0.15, -0.1) is 11.8 Å². The number of benzene rings is 2. The lowest BCUT2D eigenvalue weighted by atomic mass is 10.2. The van der Waals surface area contributed by atoms with Crippen molar-refractivity contribution in [1.29, 1.82) is 0 Å². The minimum absolute atomic E-state index is 0.00265. The SMILES string of the molecule is O=C(O)c1ccc(F)c(SCc2cccc(Cl)c2F)c1. The van der Waals surface area contributed by atoms with Crippen molar-refractivity contribution in [3.8, 4) is 0 Å². The molecular formula is C14H9ClF2O2S. The number of hydrogen-bond acceptors (Lipinski definition) is 2. The van der Waals surface area contributed by atoms with Gasteiger partial charge in [-0.1, -0.05) is 23.7 Å². The molecule has 0 aromatic heterocycles. The van der Waals surface area contributed by atoms with Crippen molar-refractivity contribution < 1.29 is 18.7 Å². The van der Waals surface area contributed by atoms with Crippen LogP contribution in [0, 0.1) is 11.6 Å². The number of carboxylic acids is 1. The Morgan fingerprint density at radius 3 is 2.70 bits per heavy atom. The Bertz CT molecular complexity index is 662. The molecule has 0 amide bonds. The smallest absolute Gasteiger partial charge is 0.335 e. The maximum atomic E-state index is 13.7. The van der Waals surface area contributed by atoms with Crippen LogP contribution in [0.5, 0.6) is 0 Å². The molecule has 20 heavy (non-hydrogen) atoms. The molecule has 6 heteroatoms. The Kier molecular flexibility index (Phi) is 4.62. The minimum Gasteiger partial charge on any atom is -0.478 e. The largest absolute Gasteiger partial charge is 0.478 e. The monoisotopic (exact) mass is 314 g/mol. The van der Waals surface area contributed by atoms with Gasteiger partial charge in [0.1, 0.15) is 11.6 Å². The molecule has 2 rings (SSSR count). The van der Waals surface area contributed by atoms with E-state index in [1.165, 1.54) is 18.2 Å². The number of rotatable bonds is 4. The van der Waals surface area contributed by atoms with Crippen molar-refractivity contribution in [3.05, 3.63) is 64.2 Å². The lowest BCUT2D eigenvalue weighted by molar-refractivity contribution is 0.0696. The summed E-state index contributed by atoms with van der Waals surface area (Å²) in [5.74, 6) is -2.06. The van der Waals surface area contributed by atoms with Crippen LogP contribution in [-0.4, -0.2) is 11.1 Å². The van der Waals surface area contributed by atoms with E-state index in [2.05, 4.69) is 0 Å². The lowest BCUT2D eigenvalue weighted by Crippen LogP contribution is -1.97. The third-order valence-electron chi connectivity index (χ3n) is 2.59. The van der Waals surface area contributed by atoms with E-state index in [1.54, 1.807) is 12.1 Å². The molecule has 1 N–H and O–H groups in total. The molecule has 0 heterocycles. The van der Waals surface area contributed by atoms with Crippen molar-refractivity contribution in [2.75, 3.05) is 0 Å². The van der Waals surface area contributed by atoms with Crippen LogP contribution >= 0.6 is 23.4 Å². The van der Waals surface area contributed by atoms with Crippen LogP contribution in [0.2, 0.25) is 5.02 Å². The molecule has 0 fully saturated rings. The van der Waals surface area contributed by atoms with Crippen molar-refractivity contribution in [2.45, 2.75) is 10.6 Å². The highest BCUT2D eigenvalue weighted by molar-refractivity contribution is 7.98. The van der Waals surface area contributed by atoms with Crippen LogP contribution < -0.4 is 0 Å². The highest BCUT2D eigenvalue weighted by Crippen LogP contribution is 2.29. The molecule has 2 aromatic rings. The zero-order valence-corrected chi connectivity index (χ0v) is 11.6. The predicted octanol–water partition coefficient (Wildman–Crippen LogP) is 4.61. The summed E-state index contributed by atoms with van der Waals surface area (Å²) in [4.78, 5) is 11.0. The van der Waals surface area contributed by atoms with Crippen molar-refractivity contribution in [2.24, 2.45) is 0 Å². The maximum Gasteiger partial charge on any atom is 0.335 e. The molecule has 0 spiro atoms. The average Bonchev–Trinajstić information content (AvgIpc) is 2.41. The summed E-state index contributed by atoms with van der Waals surface area (Å²) < 4.78 is 27.3. The van der Waals surface area contributed by atoms with Crippen LogP contribution in [0.1, 0.15) is 15.9 Å². The Morgan fingerprint density at radius 2 is 2.00 bits per heavy atom. The first-order valence-electron chi connectivity index (χ1n) is 5.57. The molecular weight excluding hydrogens is 306 g/mol. The average molecular weight is 315 g/mol. The van der Waals surface area contributed by atoms with Gasteiger partial charge in [-0.05, 0) is 29.8 Å². The van der Waals surface area contributed by atoms with Crippen molar-refractivity contribution >= 4 is 29.3 Å². The van der Waals surface area contributed by atoms with Crippen LogP contribution in [0.15, 0.2) is 41.3 Å². The second-order valence-electron chi connectivity index (χ2n) is 3.95. The summed E-state index contributed by atoms with van der Waals surface area (Å²) in [6, 6.07) is 8.07. The van der Waals surface area contributed by atoms with Crippen LogP contribution in [0.25, 0.3) is 0 Å². The van der Waals surface area contributed by atoms with Gasteiger partial charge in [0.15, 0.2) is 0 Å². The first kappa shape index (κ1) is 14.8. The van der Waals surface area contributed by atoms with E-state index in [9.17, 15) is 13.6 Å². The number of halogens is 3. The topological polar surface area (TPSA) is 37.3 Å². The first-order chi connectivity index (χ1) is 9.49. The van der Waals surface area contributed by atoms with Gasteiger partial charge in [0.05, 0.1) is 10.6 Å². The van der Waals surface area contributed by atoms with Crippen LogP contribution in [0.3, 0.4) is 0 Å². The third-order valence-corrected chi connectivity index (χ3v) is 3.96. The Labute approximate surface area is 123 Å². The molecule has 0 aliphatic carbocycles. The highest BCUT2D eigenvalue weighted by atomic mass is 35.5. The van der Waals surface area contributed by atoms with Crippen LogP contribution in [0.4, 0.5) is 8.78 Å². The van der Waals surface area contributed by atoms with E-state index in [4.69, 9.17) is 16.7 Å². The van der Waals surface area contributed by atoms with E-state index in [0.717, 1.165) is 17.8 Å². The van der Waals surface area contributed by atoms with Crippen LogP contribution in [-0.2, 0) is 5.75 Å². The van der Waals surface area contributed by atoms with Crippen molar-refractivity contribution in [1.82, 2.24) is 0 Å². The quantitative estimate of drug-likeness (QED) is 0.837. The first-order valence-corrected chi connectivity index (χ1v) is 6.94. The minimum atomic E-state index is -1.14. The van der Waals surface area contributed by atoms with Gasteiger partial charge >= 0.3 is 5.97 Å². The number of hydrogen-bond donors (Lipinski definition) is 1. The van der Waals surface area contributed by atoms with E-state index >= 15 is 0 Å². The van der Waals surface area contributed by atoms with E-state index in [-0.39, 0.29) is 21.2 Å². The summed E-state index contributed by atoms with van der Waals surface area (Å²) in [6.45, 7) is 0. The van der Waals surface area contributed by atoms with Gasteiger partial charge in [0, 0.05) is 10.6 Å². The summed E-state index contributed by atoms with van der Waals surface area (Å²) in [5.41, 5.74) is 0.322. The molecule has 0 radical (unpaired) electrons. The van der Waals surface area contributed by atoms with Gasteiger partial charge in [-0.3, -0.25) is 0 Å². The molecule has 0 aliphatic heterocycles. The van der Waals surface area contributed by atoms with E-state index < -0.39 is 17.6 Å². The standard InChI is InChI=1S/C14H9ClF2O2S/c15-10-3-1-2-9(13(10)17)7-20-12-6-8(14(18)19)4-5-11(12)16/h1-6H,7H2,(H,18,19). The Morgan fingerprint density at radius 1 is 1.25 bits per heavy atom. The number of carbonyl (C=O) groups is 1. The zero-order chi connectivity index (χ0) is 14.7. The summed E-state index contributed by atoms with van der Waals surface area (Å²) in [5, 5.41) is 8.86. The predicted molar refractivity (Wildman–Crippen MR) is 74.3 cm³/mol. The third kappa shape index (κ3) is 3.29. The Hall–Kier alpha value is -1.59. The number of thioether (sulfide) groups is 1. The molecule has 0 unspecified atom stereocenters. The van der Waals surface area contributed by atoms with Gasteiger partial charge in [0.2, 0.25) is 0 Å². The molecule has 0 bridgehead atoms. The number of carboxylic acid groups (broad SMARTS) is 1. The molecule has 0 saturated heterocycles. The normalized spacial score (nSPS) is 10.6.